The molecule has 11 aromatic rings. The van der Waals surface area contributed by atoms with Crippen LogP contribution in [0.1, 0.15) is 63.8 Å². The van der Waals surface area contributed by atoms with Crippen molar-refractivity contribution in [2.24, 2.45) is 0 Å². The third-order valence-electron chi connectivity index (χ3n) is 13.3. The third kappa shape index (κ3) is 5.86. The van der Waals surface area contributed by atoms with Crippen LogP contribution in [-0.4, -0.2) is 9.13 Å². The fraction of sp³-hybridized carbons (Fsp3) is 0.172. The van der Waals surface area contributed by atoms with Gasteiger partial charge in [0, 0.05) is 59.5 Å². The average molecular weight is 836 g/mol. The van der Waals surface area contributed by atoms with Gasteiger partial charge in [-0.25, -0.2) is 0 Å². The fourth-order valence-electron chi connectivity index (χ4n) is 9.96. The second-order valence-corrected chi connectivity index (χ2v) is 20.8. The molecule has 0 unspecified atom stereocenters. The molecule has 0 N–H and O–H groups in total. The van der Waals surface area contributed by atoms with Crippen molar-refractivity contribution in [2.75, 3.05) is 4.90 Å². The van der Waals surface area contributed by atoms with Gasteiger partial charge in [-0.05, 0) is 133 Å². The minimum Gasteiger partial charge on any atom is -0.453 e. The Morgan fingerprint density at radius 2 is 0.857 bits per heavy atom. The molecule has 12 rings (SSSR count). The van der Waals surface area contributed by atoms with Gasteiger partial charge in [0.15, 0.2) is 11.5 Å². The van der Waals surface area contributed by atoms with Gasteiger partial charge in [0.1, 0.15) is 0 Å². The van der Waals surface area contributed by atoms with Crippen LogP contribution >= 0.6 is 11.3 Å². The van der Waals surface area contributed by atoms with Gasteiger partial charge in [-0.1, -0.05) is 95.1 Å². The van der Waals surface area contributed by atoms with Crippen LogP contribution in [0.5, 0.6) is 11.5 Å². The van der Waals surface area contributed by atoms with E-state index in [4.69, 9.17) is 4.74 Å². The summed E-state index contributed by atoms with van der Waals surface area (Å²) in [4.78, 5) is 2.39. The number of hydrogen-bond acceptors (Lipinski definition) is 3. The molecule has 308 valence electrons. The zero-order chi connectivity index (χ0) is 43.1. The van der Waals surface area contributed by atoms with Gasteiger partial charge in [-0.2, -0.15) is 0 Å². The Kier molecular flexibility index (Phi) is 8.03. The number of aryl methyl sites for hydroxylation is 2. The smallest absolute Gasteiger partial charge is 0.153 e. The van der Waals surface area contributed by atoms with E-state index in [1.54, 1.807) is 0 Å². The van der Waals surface area contributed by atoms with Crippen LogP contribution in [0, 0.1) is 13.8 Å². The van der Waals surface area contributed by atoms with Crippen LogP contribution < -0.4 is 9.64 Å². The molecule has 4 nitrogen and oxygen atoms in total. The number of nitrogens with zero attached hydrogens (tertiary/aromatic N) is 3. The van der Waals surface area contributed by atoms with Crippen LogP contribution in [0.25, 0.3) is 75.2 Å². The quantitative estimate of drug-likeness (QED) is 0.177. The monoisotopic (exact) mass is 835 g/mol. The zero-order valence-electron chi connectivity index (χ0n) is 37.1. The van der Waals surface area contributed by atoms with Gasteiger partial charge in [-0.3, -0.25) is 0 Å². The number of hydrogen-bond donors (Lipinski definition) is 0. The lowest BCUT2D eigenvalue weighted by atomic mass is 9.85. The second-order valence-electron chi connectivity index (χ2n) is 19.7. The lowest BCUT2D eigenvalue weighted by Crippen LogP contribution is -2.16. The first-order valence-corrected chi connectivity index (χ1v) is 22.9. The summed E-state index contributed by atoms with van der Waals surface area (Å²) >= 11 is 1.85. The minimum atomic E-state index is 0.0229. The molecule has 0 bridgehead atoms. The predicted molar refractivity (Wildman–Crippen MR) is 270 cm³/mol. The molecule has 0 fully saturated rings. The molecule has 0 saturated carbocycles. The first kappa shape index (κ1) is 37.9. The van der Waals surface area contributed by atoms with Crippen molar-refractivity contribution < 1.29 is 4.74 Å². The summed E-state index contributed by atoms with van der Waals surface area (Å²) in [6, 6.07) is 56.8. The average Bonchev–Trinajstić information content (AvgIpc) is 3.91. The van der Waals surface area contributed by atoms with Crippen LogP contribution in [0.4, 0.5) is 17.1 Å². The highest BCUT2D eigenvalue weighted by atomic mass is 32.1. The number of thiophene rings is 1. The van der Waals surface area contributed by atoms with Gasteiger partial charge in [0.25, 0.3) is 0 Å². The van der Waals surface area contributed by atoms with Crippen molar-refractivity contribution in [1.82, 2.24) is 9.13 Å². The standard InChI is InChI=1S/C58H49N3OS/c1-34-13-20-47-42(27-34)43-28-35(2)14-21-48(43)59(47)39-17-24-51-53(32-39)62-54-33-40(18-25-52(54)61(51)38-19-26-56-46(31-38)41-11-9-10-12-55(41)63-56)60-49-22-15-36(57(3,4)5)29-44(49)45-30-37(58(6,7)8)16-23-50(45)60/h9-33H,1-8H3. The Bertz CT molecular complexity index is 3580. The lowest BCUT2D eigenvalue weighted by Gasteiger charge is -2.33. The molecule has 0 saturated heterocycles. The van der Waals surface area contributed by atoms with Crippen molar-refractivity contribution in [1.29, 1.82) is 0 Å². The molecule has 4 heterocycles. The van der Waals surface area contributed by atoms with E-state index >= 15 is 0 Å². The molecular weight excluding hydrogens is 787 g/mol. The Balaban J connectivity index is 1.08. The number of aromatic nitrogens is 2. The molecular formula is C58H49N3OS. The Hall–Kier alpha value is -6.82. The normalized spacial score (nSPS) is 13.2. The summed E-state index contributed by atoms with van der Waals surface area (Å²) in [6.45, 7) is 18.1. The molecule has 3 aromatic heterocycles. The maximum absolute atomic E-state index is 7.20. The maximum Gasteiger partial charge on any atom is 0.153 e. The topological polar surface area (TPSA) is 22.3 Å². The maximum atomic E-state index is 7.20. The van der Waals surface area contributed by atoms with E-state index in [0.29, 0.717) is 0 Å². The highest BCUT2D eigenvalue weighted by molar-refractivity contribution is 7.25. The molecule has 1 aliphatic heterocycles. The molecule has 0 radical (unpaired) electrons. The number of rotatable bonds is 3. The predicted octanol–water partition coefficient (Wildman–Crippen LogP) is 17.0. The molecule has 1 aliphatic rings. The van der Waals surface area contributed by atoms with E-state index in [-0.39, 0.29) is 10.8 Å². The Morgan fingerprint density at radius 3 is 1.38 bits per heavy atom. The summed E-state index contributed by atoms with van der Waals surface area (Å²) in [5.74, 6) is 1.63. The van der Waals surface area contributed by atoms with Crippen molar-refractivity contribution in [3.8, 4) is 22.9 Å². The molecule has 63 heavy (non-hydrogen) atoms. The summed E-state index contributed by atoms with van der Waals surface area (Å²) in [5, 5.41) is 7.61. The Labute approximate surface area is 372 Å². The van der Waals surface area contributed by atoms with E-state index in [2.05, 4.69) is 221 Å². The van der Waals surface area contributed by atoms with Gasteiger partial charge < -0.3 is 18.8 Å². The van der Waals surface area contributed by atoms with Crippen molar-refractivity contribution in [3.05, 3.63) is 174 Å². The van der Waals surface area contributed by atoms with E-state index in [1.807, 2.05) is 11.3 Å². The number of fused-ring (bicyclic) bond motifs is 11. The molecule has 0 spiro atoms. The first-order chi connectivity index (χ1) is 30.3. The number of ether oxygens (including phenoxy) is 1. The van der Waals surface area contributed by atoms with Gasteiger partial charge >= 0.3 is 0 Å². The largest absolute Gasteiger partial charge is 0.453 e. The highest BCUT2D eigenvalue weighted by Gasteiger charge is 2.29. The van der Waals surface area contributed by atoms with Crippen LogP contribution in [0.2, 0.25) is 0 Å². The summed E-state index contributed by atoms with van der Waals surface area (Å²) < 4.78 is 14.6. The van der Waals surface area contributed by atoms with E-state index in [0.717, 1.165) is 39.9 Å². The van der Waals surface area contributed by atoms with Crippen molar-refractivity contribution in [3.63, 3.8) is 0 Å². The minimum absolute atomic E-state index is 0.0229. The number of benzene rings is 8. The second kappa shape index (κ2) is 13.3. The van der Waals surface area contributed by atoms with E-state index < -0.39 is 0 Å². The summed E-state index contributed by atoms with van der Waals surface area (Å²) in [5.41, 5.74) is 15.2. The molecule has 8 aromatic carbocycles. The molecule has 0 atom stereocenters. The summed E-state index contributed by atoms with van der Waals surface area (Å²) in [7, 11) is 0. The molecule has 0 amide bonds. The zero-order valence-corrected chi connectivity index (χ0v) is 37.9. The van der Waals surface area contributed by atoms with Gasteiger partial charge in [-0.15, -0.1) is 11.3 Å². The molecule has 5 heteroatoms. The lowest BCUT2D eigenvalue weighted by molar-refractivity contribution is 0.476. The van der Waals surface area contributed by atoms with Crippen molar-refractivity contribution >= 4 is 92.2 Å². The van der Waals surface area contributed by atoms with E-state index in [9.17, 15) is 0 Å². The van der Waals surface area contributed by atoms with Crippen LogP contribution in [0.15, 0.2) is 152 Å². The van der Waals surface area contributed by atoms with Crippen LogP contribution in [-0.2, 0) is 10.8 Å². The SMILES string of the molecule is Cc1ccc2c(c1)c1cc(C)ccc1n2-c1ccc2c(c1)Oc1cc(-n3c4ccc(C(C)(C)C)cc4c4cc(C(C)(C)C)ccc43)ccc1N2c1ccc2sc3ccccc3c2c1. The first-order valence-electron chi connectivity index (χ1n) is 22.1. The Morgan fingerprint density at radius 1 is 0.397 bits per heavy atom. The highest BCUT2D eigenvalue weighted by Crippen LogP contribution is 2.53. The third-order valence-corrected chi connectivity index (χ3v) is 14.4. The van der Waals surface area contributed by atoms with E-state index in [1.165, 1.54) is 86.0 Å². The van der Waals surface area contributed by atoms with Crippen molar-refractivity contribution in [2.45, 2.75) is 66.2 Å². The fourth-order valence-corrected chi connectivity index (χ4v) is 11.0. The molecule has 0 aliphatic carbocycles. The summed E-state index contributed by atoms with van der Waals surface area (Å²) in [6.07, 6.45) is 0. The van der Waals surface area contributed by atoms with Crippen LogP contribution in [0.3, 0.4) is 0 Å². The van der Waals surface area contributed by atoms with Gasteiger partial charge in [0.05, 0.1) is 44.8 Å². The number of anilines is 3. The van der Waals surface area contributed by atoms with Gasteiger partial charge in [0.2, 0.25) is 0 Å².